The van der Waals surface area contributed by atoms with E-state index in [9.17, 15) is 0 Å². The van der Waals surface area contributed by atoms with E-state index in [4.69, 9.17) is 0 Å². The Morgan fingerprint density at radius 3 is 1.39 bits per heavy atom. The fourth-order valence-electron chi connectivity index (χ4n) is 2.40. The van der Waals surface area contributed by atoms with E-state index in [2.05, 4.69) is 74.4 Å². The van der Waals surface area contributed by atoms with Gasteiger partial charge >= 0.3 is 0 Å². The summed E-state index contributed by atoms with van der Waals surface area (Å²) in [5, 5.41) is 2.76. The summed E-state index contributed by atoms with van der Waals surface area (Å²) in [7, 11) is 8.45. The van der Waals surface area contributed by atoms with Gasteiger partial charge in [0.15, 0.2) is 0 Å². The Balaban J connectivity index is 2.50. The molecule has 0 aromatic heterocycles. The SMILES string of the molecule is CN(C)Cc1cccc2c(CN(C)C)cccc12. The minimum atomic E-state index is 0.989. The zero-order chi connectivity index (χ0) is 13.1. The molecular weight excluding hydrogens is 220 g/mol. The molecule has 0 aliphatic carbocycles. The Morgan fingerprint density at radius 2 is 1.06 bits per heavy atom. The van der Waals surface area contributed by atoms with E-state index < -0.39 is 0 Å². The lowest BCUT2D eigenvalue weighted by Gasteiger charge is -2.16. The van der Waals surface area contributed by atoms with E-state index in [1.54, 1.807) is 0 Å². The van der Waals surface area contributed by atoms with E-state index in [1.165, 1.54) is 21.9 Å². The number of hydrogen-bond acceptors (Lipinski definition) is 2. The van der Waals surface area contributed by atoms with Gasteiger partial charge in [0, 0.05) is 13.1 Å². The highest BCUT2D eigenvalue weighted by molar-refractivity contribution is 5.88. The molecule has 2 aromatic rings. The highest BCUT2D eigenvalue weighted by Crippen LogP contribution is 2.23. The highest BCUT2D eigenvalue weighted by atomic mass is 15.1. The Kier molecular flexibility index (Phi) is 4.00. The van der Waals surface area contributed by atoms with Crippen LogP contribution in [0.1, 0.15) is 11.1 Å². The van der Waals surface area contributed by atoms with Gasteiger partial charge < -0.3 is 9.80 Å². The molecule has 0 fully saturated rings. The summed E-state index contributed by atoms with van der Waals surface area (Å²) in [5.41, 5.74) is 2.80. The molecule has 0 heterocycles. The first-order valence-corrected chi connectivity index (χ1v) is 6.37. The fraction of sp³-hybridized carbons (Fsp3) is 0.375. The van der Waals surface area contributed by atoms with Crippen LogP contribution in [0.15, 0.2) is 36.4 Å². The van der Waals surface area contributed by atoms with Crippen molar-refractivity contribution in [3.63, 3.8) is 0 Å². The maximum absolute atomic E-state index is 2.23. The monoisotopic (exact) mass is 242 g/mol. The van der Waals surface area contributed by atoms with Crippen molar-refractivity contribution >= 4 is 10.8 Å². The van der Waals surface area contributed by atoms with Gasteiger partial charge in [-0.05, 0) is 50.1 Å². The molecule has 0 N–H and O–H groups in total. The van der Waals surface area contributed by atoms with Crippen molar-refractivity contribution in [2.75, 3.05) is 28.2 Å². The molecule has 0 aliphatic rings. The molecule has 0 aliphatic heterocycles. The number of rotatable bonds is 4. The van der Waals surface area contributed by atoms with Gasteiger partial charge in [0.05, 0.1) is 0 Å². The van der Waals surface area contributed by atoms with Crippen LogP contribution in [0.3, 0.4) is 0 Å². The van der Waals surface area contributed by atoms with Gasteiger partial charge in [-0.25, -0.2) is 0 Å². The van der Waals surface area contributed by atoms with Crippen molar-refractivity contribution in [3.05, 3.63) is 47.5 Å². The maximum atomic E-state index is 2.23. The average molecular weight is 242 g/mol. The predicted molar refractivity (Wildman–Crippen MR) is 78.7 cm³/mol. The summed E-state index contributed by atoms with van der Waals surface area (Å²) in [6.07, 6.45) is 0. The van der Waals surface area contributed by atoms with Crippen LogP contribution in [0.2, 0.25) is 0 Å². The van der Waals surface area contributed by atoms with E-state index in [0.29, 0.717) is 0 Å². The highest BCUT2D eigenvalue weighted by Gasteiger charge is 2.06. The number of hydrogen-bond donors (Lipinski definition) is 0. The van der Waals surface area contributed by atoms with Crippen LogP contribution in [0.5, 0.6) is 0 Å². The normalized spacial score (nSPS) is 11.7. The minimum Gasteiger partial charge on any atom is -0.305 e. The molecule has 2 nitrogen and oxygen atoms in total. The van der Waals surface area contributed by atoms with Crippen LogP contribution in [0.25, 0.3) is 10.8 Å². The van der Waals surface area contributed by atoms with Gasteiger partial charge in [-0.3, -0.25) is 0 Å². The van der Waals surface area contributed by atoms with Crippen LogP contribution in [0, 0.1) is 0 Å². The fourth-order valence-corrected chi connectivity index (χ4v) is 2.40. The molecule has 18 heavy (non-hydrogen) atoms. The molecule has 0 saturated carbocycles. The third kappa shape index (κ3) is 2.89. The lowest BCUT2D eigenvalue weighted by Crippen LogP contribution is -2.12. The molecule has 2 rings (SSSR count). The summed E-state index contributed by atoms with van der Waals surface area (Å²) in [6, 6.07) is 13.2. The van der Waals surface area contributed by atoms with Crippen molar-refractivity contribution in [1.29, 1.82) is 0 Å². The molecule has 0 atom stereocenters. The smallest absolute Gasteiger partial charge is 0.0233 e. The Bertz CT molecular complexity index is 480. The maximum Gasteiger partial charge on any atom is 0.0233 e. The molecule has 0 spiro atoms. The van der Waals surface area contributed by atoms with Crippen molar-refractivity contribution in [2.45, 2.75) is 13.1 Å². The largest absolute Gasteiger partial charge is 0.305 e. The second kappa shape index (κ2) is 5.51. The van der Waals surface area contributed by atoms with E-state index in [1.807, 2.05) is 0 Å². The number of benzene rings is 2. The molecule has 2 heteroatoms. The van der Waals surface area contributed by atoms with Gasteiger partial charge in [0.1, 0.15) is 0 Å². The van der Waals surface area contributed by atoms with E-state index in [-0.39, 0.29) is 0 Å². The molecule has 96 valence electrons. The predicted octanol–water partition coefficient (Wildman–Crippen LogP) is 2.96. The first-order valence-electron chi connectivity index (χ1n) is 6.37. The quantitative estimate of drug-likeness (QED) is 0.813. The first kappa shape index (κ1) is 13.1. The Morgan fingerprint density at radius 1 is 0.667 bits per heavy atom. The summed E-state index contributed by atoms with van der Waals surface area (Å²) in [6.45, 7) is 1.98. The standard InChI is InChI=1S/C16H22N2/c1-17(2)11-13-7-5-10-16-14(12-18(3)4)8-6-9-15(13)16/h5-10H,11-12H2,1-4H3. The van der Waals surface area contributed by atoms with Gasteiger partial charge in [-0.2, -0.15) is 0 Å². The average Bonchev–Trinajstić information content (AvgIpc) is 2.29. The van der Waals surface area contributed by atoms with E-state index in [0.717, 1.165) is 13.1 Å². The van der Waals surface area contributed by atoms with Crippen LogP contribution >= 0.6 is 0 Å². The van der Waals surface area contributed by atoms with Gasteiger partial charge in [-0.15, -0.1) is 0 Å². The van der Waals surface area contributed by atoms with Crippen LogP contribution in [0.4, 0.5) is 0 Å². The molecular formula is C16H22N2. The number of nitrogens with zero attached hydrogens (tertiary/aromatic N) is 2. The topological polar surface area (TPSA) is 6.48 Å². The Labute approximate surface area is 110 Å². The summed E-state index contributed by atoms with van der Waals surface area (Å²) in [4.78, 5) is 4.43. The summed E-state index contributed by atoms with van der Waals surface area (Å²) >= 11 is 0. The van der Waals surface area contributed by atoms with Gasteiger partial charge in [0.2, 0.25) is 0 Å². The molecule has 0 bridgehead atoms. The van der Waals surface area contributed by atoms with Gasteiger partial charge in [-0.1, -0.05) is 36.4 Å². The third-order valence-electron chi connectivity index (χ3n) is 3.08. The third-order valence-corrected chi connectivity index (χ3v) is 3.08. The number of fused-ring (bicyclic) bond motifs is 1. The van der Waals surface area contributed by atoms with Crippen molar-refractivity contribution in [1.82, 2.24) is 9.80 Å². The Hall–Kier alpha value is -1.38. The summed E-state index contributed by atoms with van der Waals surface area (Å²) in [5.74, 6) is 0. The van der Waals surface area contributed by atoms with Crippen molar-refractivity contribution in [2.24, 2.45) is 0 Å². The molecule has 2 aromatic carbocycles. The zero-order valence-electron chi connectivity index (χ0n) is 11.8. The molecule has 0 amide bonds. The molecule has 0 unspecified atom stereocenters. The first-order chi connectivity index (χ1) is 8.58. The molecule has 0 saturated heterocycles. The zero-order valence-corrected chi connectivity index (χ0v) is 11.8. The van der Waals surface area contributed by atoms with E-state index >= 15 is 0 Å². The van der Waals surface area contributed by atoms with Crippen LogP contribution < -0.4 is 0 Å². The van der Waals surface area contributed by atoms with Crippen molar-refractivity contribution < 1.29 is 0 Å². The second-order valence-corrected chi connectivity index (χ2v) is 5.40. The van der Waals surface area contributed by atoms with Gasteiger partial charge in [0.25, 0.3) is 0 Å². The lowest BCUT2D eigenvalue weighted by molar-refractivity contribution is 0.402. The minimum absolute atomic E-state index is 0.989. The molecule has 0 radical (unpaired) electrons. The van der Waals surface area contributed by atoms with Crippen LogP contribution in [-0.4, -0.2) is 38.0 Å². The lowest BCUT2D eigenvalue weighted by atomic mass is 9.99. The summed E-state index contributed by atoms with van der Waals surface area (Å²) < 4.78 is 0. The second-order valence-electron chi connectivity index (χ2n) is 5.40. The van der Waals surface area contributed by atoms with Crippen LogP contribution in [-0.2, 0) is 13.1 Å². The van der Waals surface area contributed by atoms with Crippen molar-refractivity contribution in [3.8, 4) is 0 Å².